The summed E-state index contributed by atoms with van der Waals surface area (Å²) in [7, 11) is 0. The van der Waals surface area contributed by atoms with E-state index < -0.39 is 0 Å². The second-order valence-corrected chi connectivity index (χ2v) is 7.11. The maximum Gasteiger partial charge on any atom is 0.244 e. The van der Waals surface area contributed by atoms with Crippen molar-refractivity contribution in [3.63, 3.8) is 0 Å². The van der Waals surface area contributed by atoms with Crippen LogP contribution in [0.4, 0.5) is 5.95 Å². The van der Waals surface area contributed by atoms with Gasteiger partial charge in [0.15, 0.2) is 0 Å². The average Bonchev–Trinajstić information content (AvgIpc) is 2.87. The van der Waals surface area contributed by atoms with Crippen molar-refractivity contribution in [3.8, 4) is 0 Å². The Hall–Kier alpha value is -1.10. The Morgan fingerprint density at radius 3 is 2.90 bits per heavy atom. The van der Waals surface area contributed by atoms with Crippen molar-refractivity contribution < 1.29 is 0 Å². The van der Waals surface area contributed by atoms with Gasteiger partial charge in [-0.05, 0) is 25.2 Å². The number of rotatable bonds is 2. The summed E-state index contributed by atoms with van der Waals surface area (Å²) in [5.41, 5.74) is 0.339. The van der Waals surface area contributed by atoms with Gasteiger partial charge in [0.25, 0.3) is 0 Å². The van der Waals surface area contributed by atoms with Gasteiger partial charge in [-0.15, -0.1) is 5.10 Å². The molecule has 2 heterocycles. The molecule has 2 atom stereocenters. The van der Waals surface area contributed by atoms with Gasteiger partial charge in [0, 0.05) is 31.6 Å². The fourth-order valence-electron chi connectivity index (χ4n) is 3.68. The molecule has 1 aromatic rings. The Labute approximate surface area is 121 Å². The minimum atomic E-state index is 0.339. The number of aromatic amines is 1. The Balaban J connectivity index is 1.76. The van der Waals surface area contributed by atoms with Crippen LogP contribution < -0.4 is 10.2 Å². The van der Waals surface area contributed by atoms with E-state index in [1.807, 2.05) is 0 Å². The third kappa shape index (κ3) is 2.68. The van der Waals surface area contributed by atoms with E-state index in [4.69, 9.17) is 4.98 Å². The maximum absolute atomic E-state index is 4.82. The normalized spacial score (nSPS) is 30.4. The summed E-state index contributed by atoms with van der Waals surface area (Å²) < 4.78 is 0. The second-order valence-electron chi connectivity index (χ2n) is 7.11. The minimum Gasteiger partial charge on any atom is -0.337 e. The number of H-pyrrole nitrogens is 1. The van der Waals surface area contributed by atoms with Crippen LogP contribution in [0.1, 0.15) is 58.2 Å². The molecule has 20 heavy (non-hydrogen) atoms. The van der Waals surface area contributed by atoms with Crippen LogP contribution in [0.3, 0.4) is 0 Å². The molecule has 1 saturated heterocycles. The molecule has 0 aromatic carbocycles. The van der Waals surface area contributed by atoms with Crippen LogP contribution in [0.2, 0.25) is 0 Å². The van der Waals surface area contributed by atoms with Crippen molar-refractivity contribution in [2.45, 2.75) is 58.4 Å². The summed E-state index contributed by atoms with van der Waals surface area (Å²) in [5.74, 6) is 2.50. The second kappa shape index (κ2) is 5.35. The van der Waals surface area contributed by atoms with E-state index in [1.54, 1.807) is 0 Å². The molecule has 3 rings (SSSR count). The molecule has 1 aromatic heterocycles. The Morgan fingerprint density at radius 1 is 1.30 bits per heavy atom. The summed E-state index contributed by atoms with van der Waals surface area (Å²) in [6.07, 6.45) is 5.19. The lowest BCUT2D eigenvalue weighted by Gasteiger charge is -2.37. The monoisotopic (exact) mass is 277 g/mol. The number of aromatic nitrogens is 3. The fraction of sp³-hybridized carbons (Fsp3) is 0.867. The summed E-state index contributed by atoms with van der Waals surface area (Å²) in [6.45, 7) is 9.95. The van der Waals surface area contributed by atoms with E-state index in [2.05, 4.69) is 41.2 Å². The van der Waals surface area contributed by atoms with E-state index >= 15 is 0 Å². The van der Waals surface area contributed by atoms with Crippen LogP contribution in [0.25, 0.3) is 0 Å². The number of hydrogen-bond donors (Lipinski definition) is 2. The van der Waals surface area contributed by atoms with Crippen molar-refractivity contribution in [3.05, 3.63) is 5.82 Å². The predicted octanol–water partition coefficient (Wildman–Crippen LogP) is 2.29. The van der Waals surface area contributed by atoms with E-state index in [-0.39, 0.29) is 0 Å². The Bertz CT molecular complexity index is 453. The zero-order valence-corrected chi connectivity index (χ0v) is 12.9. The number of nitrogens with one attached hydrogen (secondary N) is 2. The molecule has 0 amide bonds. The lowest BCUT2D eigenvalue weighted by atomic mass is 9.68. The molecule has 1 saturated carbocycles. The predicted molar refractivity (Wildman–Crippen MR) is 81.1 cm³/mol. The SMILES string of the molecule is CC1CN(c2n[nH]c(C3CCCCC3(C)C)n2)CCN1. The smallest absolute Gasteiger partial charge is 0.244 e. The van der Waals surface area contributed by atoms with Crippen molar-refractivity contribution in [1.82, 2.24) is 20.5 Å². The van der Waals surface area contributed by atoms with E-state index in [0.717, 1.165) is 31.4 Å². The quantitative estimate of drug-likeness (QED) is 0.871. The van der Waals surface area contributed by atoms with Gasteiger partial charge in [-0.2, -0.15) is 4.98 Å². The van der Waals surface area contributed by atoms with Gasteiger partial charge < -0.3 is 10.2 Å². The largest absolute Gasteiger partial charge is 0.337 e. The lowest BCUT2D eigenvalue weighted by Crippen LogP contribution is -2.49. The number of piperazine rings is 1. The first-order chi connectivity index (χ1) is 9.56. The maximum atomic E-state index is 4.82. The highest BCUT2D eigenvalue weighted by Gasteiger charge is 2.35. The van der Waals surface area contributed by atoms with Gasteiger partial charge in [-0.3, -0.25) is 5.10 Å². The third-order valence-electron chi connectivity index (χ3n) is 4.98. The van der Waals surface area contributed by atoms with Crippen LogP contribution in [0, 0.1) is 5.41 Å². The molecule has 2 N–H and O–H groups in total. The first kappa shape index (κ1) is 13.9. The zero-order valence-electron chi connectivity index (χ0n) is 12.9. The molecule has 5 heteroatoms. The van der Waals surface area contributed by atoms with Crippen LogP contribution in [0.5, 0.6) is 0 Å². The summed E-state index contributed by atoms with van der Waals surface area (Å²) >= 11 is 0. The van der Waals surface area contributed by atoms with Crippen molar-refractivity contribution in [2.24, 2.45) is 5.41 Å². The first-order valence-corrected chi connectivity index (χ1v) is 7.97. The molecule has 2 fully saturated rings. The van der Waals surface area contributed by atoms with Gasteiger partial charge in [0.05, 0.1) is 0 Å². The summed E-state index contributed by atoms with van der Waals surface area (Å²) in [5, 5.41) is 11.2. The highest BCUT2D eigenvalue weighted by atomic mass is 15.4. The van der Waals surface area contributed by atoms with Crippen LogP contribution in [-0.2, 0) is 0 Å². The highest BCUT2D eigenvalue weighted by Crippen LogP contribution is 2.45. The number of hydrogen-bond acceptors (Lipinski definition) is 4. The average molecular weight is 277 g/mol. The number of nitrogens with zero attached hydrogens (tertiary/aromatic N) is 3. The molecular formula is C15H27N5. The zero-order chi connectivity index (χ0) is 14.2. The van der Waals surface area contributed by atoms with E-state index in [1.165, 1.54) is 25.7 Å². The summed E-state index contributed by atoms with van der Waals surface area (Å²) in [6, 6.07) is 0.511. The lowest BCUT2D eigenvalue weighted by molar-refractivity contribution is 0.192. The van der Waals surface area contributed by atoms with Gasteiger partial charge in [-0.1, -0.05) is 26.7 Å². The van der Waals surface area contributed by atoms with Crippen LogP contribution in [0.15, 0.2) is 0 Å². The highest BCUT2D eigenvalue weighted by molar-refractivity contribution is 5.31. The molecule has 0 radical (unpaired) electrons. The minimum absolute atomic E-state index is 0.339. The first-order valence-electron chi connectivity index (χ1n) is 7.97. The fourth-order valence-corrected chi connectivity index (χ4v) is 3.68. The molecular weight excluding hydrogens is 250 g/mol. The molecule has 0 bridgehead atoms. The molecule has 1 aliphatic heterocycles. The van der Waals surface area contributed by atoms with Gasteiger partial charge in [-0.25, -0.2) is 0 Å². The van der Waals surface area contributed by atoms with Crippen LogP contribution in [-0.4, -0.2) is 40.9 Å². The summed E-state index contributed by atoms with van der Waals surface area (Å²) in [4.78, 5) is 7.11. The van der Waals surface area contributed by atoms with Crippen molar-refractivity contribution in [2.75, 3.05) is 24.5 Å². The molecule has 0 spiro atoms. The van der Waals surface area contributed by atoms with Crippen LogP contribution >= 0.6 is 0 Å². The molecule has 5 nitrogen and oxygen atoms in total. The van der Waals surface area contributed by atoms with Gasteiger partial charge in [0.2, 0.25) is 5.95 Å². The molecule has 1 aliphatic carbocycles. The standard InChI is InChI=1S/C15H27N5/c1-11-10-20(9-8-16-11)14-17-13(18-19-14)12-6-4-5-7-15(12,2)3/h11-12,16H,4-10H2,1-3H3,(H,17,18,19). The topological polar surface area (TPSA) is 56.8 Å². The van der Waals surface area contributed by atoms with Gasteiger partial charge >= 0.3 is 0 Å². The Morgan fingerprint density at radius 2 is 2.15 bits per heavy atom. The third-order valence-corrected chi connectivity index (χ3v) is 4.98. The van der Waals surface area contributed by atoms with Gasteiger partial charge in [0.1, 0.15) is 5.82 Å². The molecule has 2 unspecified atom stereocenters. The van der Waals surface area contributed by atoms with Crippen molar-refractivity contribution >= 4 is 5.95 Å². The van der Waals surface area contributed by atoms with Crippen molar-refractivity contribution in [1.29, 1.82) is 0 Å². The Kier molecular flexibility index (Phi) is 3.71. The van der Waals surface area contributed by atoms with E-state index in [9.17, 15) is 0 Å². The molecule has 112 valence electrons. The molecule has 2 aliphatic rings. The number of anilines is 1. The van der Waals surface area contributed by atoms with E-state index in [0.29, 0.717) is 17.4 Å².